The lowest BCUT2D eigenvalue weighted by atomic mass is 10.0. The van der Waals surface area contributed by atoms with E-state index in [1.165, 1.54) is 0 Å². The molecule has 27 heavy (non-hydrogen) atoms. The number of rotatable bonds is 6. The van der Waals surface area contributed by atoms with Crippen LogP contribution in [0.5, 0.6) is 0 Å². The Bertz CT molecular complexity index is 875. The Morgan fingerprint density at radius 1 is 0.852 bits per heavy atom. The molecule has 0 aliphatic heterocycles. The van der Waals surface area contributed by atoms with Crippen LogP contribution in [0.25, 0.3) is 0 Å². The van der Waals surface area contributed by atoms with Gasteiger partial charge >= 0.3 is 0 Å². The van der Waals surface area contributed by atoms with E-state index in [1.807, 2.05) is 97.9 Å². The van der Waals surface area contributed by atoms with Gasteiger partial charge in [-0.05, 0) is 28.1 Å². The molecular formula is C24H24O2Si. The highest BCUT2D eigenvalue weighted by molar-refractivity contribution is 7.00. The van der Waals surface area contributed by atoms with Crippen molar-refractivity contribution >= 4 is 18.7 Å². The maximum atomic E-state index is 11.7. The first-order valence-corrected chi connectivity index (χ1v) is 11.2. The smallest absolute Gasteiger partial charge is 0.286 e. The molecule has 0 amide bonds. The van der Waals surface area contributed by atoms with E-state index >= 15 is 0 Å². The van der Waals surface area contributed by atoms with Gasteiger partial charge in [0, 0.05) is 5.57 Å². The van der Waals surface area contributed by atoms with Crippen LogP contribution in [0.15, 0.2) is 108 Å². The Labute approximate surface area is 161 Å². The Balaban J connectivity index is 2.09. The van der Waals surface area contributed by atoms with Crippen LogP contribution in [0.2, 0.25) is 0 Å². The quantitative estimate of drug-likeness (QED) is 0.514. The third-order valence-electron chi connectivity index (χ3n) is 4.72. The van der Waals surface area contributed by atoms with Crippen LogP contribution in [0.3, 0.4) is 0 Å². The normalized spacial score (nSPS) is 12.1. The highest BCUT2D eigenvalue weighted by Gasteiger charge is 2.33. The van der Waals surface area contributed by atoms with Gasteiger partial charge in [-0.1, -0.05) is 97.9 Å². The van der Waals surface area contributed by atoms with Gasteiger partial charge in [0.1, 0.15) is 6.10 Å². The first-order valence-electron chi connectivity index (χ1n) is 9.18. The third-order valence-corrected chi connectivity index (χ3v) is 7.71. The zero-order valence-electron chi connectivity index (χ0n) is 15.4. The Morgan fingerprint density at radius 3 is 1.74 bits per heavy atom. The lowest BCUT2D eigenvalue weighted by Crippen LogP contribution is -2.57. The van der Waals surface area contributed by atoms with Crippen LogP contribution in [0.4, 0.5) is 0 Å². The highest BCUT2D eigenvalue weighted by atomic mass is 28.4. The van der Waals surface area contributed by atoms with Crippen LogP contribution in [-0.4, -0.2) is 18.2 Å². The van der Waals surface area contributed by atoms with E-state index in [4.69, 9.17) is 0 Å². The summed E-state index contributed by atoms with van der Waals surface area (Å²) >= 11 is 0. The molecule has 136 valence electrons. The lowest BCUT2D eigenvalue weighted by molar-refractivity contribution is 0.212. The van der Waals surface area contributed by atoms with Gasteiger partial charge in [0.25, 0.3) is 8.32 Å². The molecule has 3 aromatic carbocycles. The van der Waals surface area contributed by atoms with E-state index in [-0.39, 0.29) is 0 Å². The molecule has 1 unspecified atom stereocenters. The summed E-state index contributed by atoms with van der Waals surface area (Å²) in [5.41, 5.74) is 6.65. The van der Waals surface area contributed by atoms with E-state index < -0.39 is 14.4 Å². The van der Waals surface area contributed by atoms with Crippen LogP contribution in [0.1, 0.15) is 25.0 Å². The molecule has 0 bridgehead atoms. The van der Waals surface area contributed by atoms with Gasteiger partial charge in [-0.15, -0.1) is 5.73 Å². The summed E-state index contributed by atoms with van der Waals surface area (Å²) in [4.78, 5) is 11.7. The molecule has 1 atom stereocenters. The average Bonchev–Trinajstić information content (AvgIpc) is 2.75. The summed E-state index contributed by atoms with van der Waals surface area (Å²) in [6.45, 7) is 1.99. The summed E-state index contributed by atoms with van der Waals surface area (Å²) < 4.78 is 0. The van der Waals surface area contributed by atoms with Gasteiger partial charge < -0.3 is 9.90 Å². The summed E-state index contributed by atoms with van der Waals surface area (Å²) in [7, 11) is -3.10. The van der Waals surface area contributed by atoms with Crippen molar-refractivity contribution in [1.82, 2.24) is 0 Å². The Morgan fingerprint density at radius 2 is 1.30 bits per heavy atom. The second kappa shape index (κ2) is 8.80. The van der Waals surface area contributed by atoms with Gasteiger partial charge in [-0.3, -0.25) is 0 Å². The SMILES string of the molecule is CCC(=C=C[Si](O)(c1ccccc1)c1ccccc1)C(O)c1ccccc1. The Kier molecular flexibility index (Phi) is 6.22. The van der Waals surface area contributed by atoms with Crippen molar-refractivity contribution in [2.45, 2.75) is 19.4 Å². The average molecular weight is 373 g/mol. The molecule has 0 aliphatic rings. The van der Waals surface area contributed by atoms with E-state index in [0.29, 0.717) is 6.42 Å². The monoisotopic (exact) mass is 372 g/mol. The minimum Gasteiger partial charge on any atom is -0.421 e. The molecule has 0 fully saturated rings. The molecule has 2 nitrogen and oxygen atoms in total. The van der Waals surface area contributed by atoms with Crippen molar-refractivity contribution in [1.29, 1.82) is 0 Å². The predicted molar refractivity (Wildman–Crippen MR) is 113 cm³/mol. The van der Waals surface area contributed by atoms with E-state index in [0.717, 1.165) is 21.5 Å². The summed E-state index contributed by atoms with van der Waals surface area (Å²) in [6, 6.07) is 29.0. The van der Waals surface area contributed by atoms with Crippen LogP contribution in [-0.2, 0) is 0 Å². The third kappa shape index (κ3) is 4.36. The summed E-state index contributed by atoms with van der Waals surface area (Å²) in [5, 5.41) is 12.5. The molecule has 3 heteroatoms. The fourth-order valence-corrected chi connectivity index (χ4v) is 5.59. The van der Waals surface area contributed by atoms with Gasteiger partial charge in [0.15, 0.2) is 0 Å². The van der Waals surface area contributed by atoms with Crippen LogP contribution in [0, 0.1) is 0 Å². The molecule has 0 radical (unpaired) electrons. The highest BCUT2D eigenvalue weighted by Crippen LogP contribution is 2.23. The van der Waals surface area contributed by atoms with Crippen molar-refractivity contribution in [2.24, 2.45) is 0 Å². The maximum absolute atomic E-state index is 11.7. The number of hydrogen-bond donors (Lipinski definition) is 2. The molecule has 3 rings (SSSR count). The first-order chi connectivity index (χ1) is 13.1. The van der Waals surface area contributed by atoms with E-state index in [1.54, 1.807) is 5.70 Å². The van der Waals surface area contributed by atoms with Gasteiger partial charge in [-0.2, -0.15) is 0 Å². The lowest BCUT2D eigenvalue weighted by Gasteiger charge is -2.22. The number of benzene rings is 3. The molecule has 0 saturated heterocycles. The zero-order chi connectivity index (χ0) is 19.1. The fourth-order valence-electron chi connectivity index (χ4n) is 3.13. The van der Waals surface area contributed by atoms with Crippen LogP contribution >= 0.6 is 0 Å². The fraction of sp³-hybridized carbons (Fsp3) is 0.125. The van der Waals surface area contributed by atoms with Gasteiger partial charge in [0.05, 0.1) is 0 Å². The number of hydrogen-bond acceptors (Lipinski definition) is 2. The molecule has 0 spiro atoms. The topological polar surface area (TPSA) is 40.5 Å². The summed E-state index contributed by atoms with van der Waals surface area (Å²) in [5.74, 6) is 0. The first kappa shape index (κ1) is 19.1. The predicted octanol–water partition coefficient (Wildman–Crippen LogP) is 3.50. The van der Waals surface area contributed by atoms with Crippen LogP contribution < -0.4 is 10.4 Å². The second-order valence-electron chi connectivity index (χ2n) is 6.48. The molecule has 0 aromatic heterocycles. The molecule has 2 N–H and O–H groups in total. The van der Waals surface area contributed by atoms with Crippen molar-refractivity contribution in [2.75, 3.05) is 0 Å². The van der Waals surface area contributed by atoms with E-state index in [9.17, 15) is 9.90 Å². The van der Waals surface area contributed by atoms with Crippen molar-refractivity contribution in [3.05, 3.63) is 114 Å². The standard InChI is InChI=1S/C24H24O2Si/c1-2-20(24(25)21-12-6-3-7-13-21)18-19-27(26,22-14-8-4-9-15-22)23-16-10-5-11-17-23/h3-17,19,24-26H,2H2,1H3. The van der Waals surface area contributed by atoms with Gasteiger partial charge in [0.2, 0.25) is 0 Å². The molecular weight excluding hydrogens is 348 g/mol. The van der Waals surface area contributed by atoms with Crippen molar-refractivity contribution < 1.29 is 9.90 Å². The minimum absolute atomic E-state index is 0.653. The zero-order valence-corrected chi connectivity index (χ0v) is 16.4. The molecule has 3 aromatic rings. The maximum Gasteiger partial charge on any atom is 0.286 e. The largest absolute Gasteiger partial charge is 0.421 e. The van der Waals surface area contributed by atoms with Gasteiger partial charge in [-0.25, -0.2) is 0 Å². The Hall–Kier alpha value is -2.68. The van der Waals surface area contributed by atoms with Crippen molar-refractivity contribution in [3.8, 4) is 0 Å². The second-order valence-corrected chi connectivity index (χ2v) is 9.46. The summed E-state index contributed by atoms with van der Waals surface area (Å²) in [6.07, 6.45) is -0.0714. The molecule has 0 saturated carbocycles. The molecule has 0 heterocycles. The van der Waals surface area contributed by atoms with Crippen molar-refractivity contribution in [3.63, 3.8) is 0 Å². The molecule has 0 aliphatic carbocycles. The minimum atomic E-state index is -3.10. The van der Waals surface area contributed by atoms with E-state index in [2.05, 4.69) is 5.73 Å². The number of aliphatic hydroxyl groups is 1. The number of aliphatic hydroxyl groups excluding tert-OH is 1.